The Morgan fingerprint density at radius 2 is 1.96 bits per heavy atom. The number of nitrogens with zero attached hydrogens (tertiary/aromatic N) is 1. The zero-order valence-corrected chi connectivity index (χ0v) is 15.9. The van der Waals surface area contributed by atoms with Crippen LogP contribution in [0.3, 0.4) is 0 Å². The van der Waals surface area contributed by atoms with E-state index in [-0.39, 0.29) is 24.4 Å². The minimum atomic E-state index is -0.267. The Morgan fingerprint density at radius 3 is 2.71 bits per heavy atom. The Labute approximate surface area is 167 Å². The molecule has 0 unspecified atom stereocenters. The van der Waals surface area contributed by atoms with Crippen molar-refractivity contribution in [3.05, 3.63) is 46.9 Å². The van der Waals surface area contributed by atoms with Crippen molar-refractivity contribution < 1.29 is 28.2 Å². The second-order valence-corrected chi connectivity index (χ2v) is 7.16. The lowest BCUT2D eigenvalue weighted by molar-refractivity contribution is -0.151. The number of likely N-dealkylation sites (tertiary alicyclic amines) is 1. The van der Waals surface area contributed by atoms with Crippen LogP contribution in [-0.2, 0) is 16.1 Å². The minimum absolute atomic E-state index is 0.112. The third kappa shape index (κ3) is 3.94. The van der Waals surface area contributed by atoms with E-state index in [2.05, 4.69) is 0 Å². The fourth-order valence-electron chi connectivity index (χ4n) is 3.39. The first-order valence-corrected chi connectivity index (χ1v) is 9.57. The Hall–Kier alpha value is -2.67. The van der Waals surface area contributed by atoms with Gasteiger partial charge in [-0.05, 0) is 42.7 Å². The monoisotopic (exact) mass is 405 g/mol. The van der Waals surface area contributed by atoms with Gasteiger partial charge in [0.05, 0.1) is 17.2 Å². The summed E-state index contributed by atoms with van der Waals surface area (Å²) in [6.07, 6.45) is 2.60. The minimum Gasteiger partial charge on any atom is -0.486 e. The van der Waals surface area contributed by atoms with Crippen molar-refractivity contribution in [2.24, 2.45) is 5.92 Å². The van der Waals surface area contributed by atoms with Gasteiger partial charge in [-0.25, -0.2) is 0 Å². The van der Waals surface area contributed by atoms with E-state index in [4.69, 9.17) is 30.2 Å². The van der Waals surface area contributed by atoms with E-state index in [0.717, 1.165) is 5.56 Å². The van der Waals surface area contributed by atoms with Crippen LogP contribution in [0.5, 0.6) is 11.5 Å². The van der Waals surface area contributed by atoms with Crippen molar-refractivity contribution in [3.63, 3.8) is 0 Å². The highest BCUT2D eigenvalue weighted by Gasteiger charge is 2.29. The maximum absolute atomic E-state index is 12.4. The number of carbonyl (C=O) groups is 2. The molecule has 2 aliphatic heterocycles. The summed E-state index contributed by atoms with van der Waals surface area (Å²) in [4.78, 5) is 26.4. The number of esters is 1. The highest BCUT2D eigenvalue weighted by Crippen LogP contribution is 2.38. The zero-order valence-electron chi connectivity index (χ0n) is 15.2. The molecule has 0 radical (unpaired) electrons. The SMILES string of the molecule is O=C(OCc1cc(Cl)c2c(c1)OCCO2)C1CCN(C(=O)c2ccco2)CC1. The van der Waals surface area contributed by atoms with Gasteiger partial charge in [0.25, 0.3) is 5.91 Å². The number of carbonyl (C=O) groups excluding carboxylic acids is 2. The molecule has 4 rings (SSSR count). The molecule has 2 aliphatic rings. The first kappa shape index (κ1) is 18.7. The molecular weight excluding hydrogens is 386 g/mol. The normalized spacial score (nSPS) is 16.7. The summed E-state index contributed by atoms with van der Waals surface area (Å²) in [6, 6.07) is 6.81. The van der Waals surface area contributed by atoms with Crippen LogP contribution in [0, 0.1) is 5.92 Å². The molecule has 0 saturated carbocycles. The van der Waals surface area contributed by atoms with E-state index >= 15 is 0 Å². The second-order valence-electron chi connectivity index (χ2n) is 6.75. The summed E-state index contributed by atoms with van der Waals surface area (Å²) >= 11 is 6.21. The first-order valence-electron chi connectivity index (χ1n) is 9.19. The molecule has 28 heavy (non-hydrogen) atoms. The van der Waals surface area contributed by atoms with E-state index in [1.54, 1.807) is 29.2 Å². The predicted molar refractivity (Wildman–Crippen MR) is 99.6 cm³/mol. The van der Waals surface area contributed by atoms with Gasteiger partial charge in [-0.3, -0.25) is 9.59 Å². The summed E-state index contributed by atoms with van der Waals surface area (Å²) in [6.45, 7) is 2.02. The molecule has 1 fully saturated rings. The van der Waals surface area contributed by atoms with Crippen molar-refractivity contribution in [2.45, 2.75) is 19.4 Å². The quantitative estimate of drug-likeness (QED) is 0.726. The fourth-order valence-corrected chi connectivity index (χ4v) is 3.68. The molecule has 1 amide bonds. The van der Waals surface area contributed by atoms with Crippen molar-refractivity contribution in [1.29, 1.82) is 0 Å². The third-order valence-electron chi connectivity index (χ3n) is 4.89. The molecule has 1 saturated heterocycles. The molecule has 0 N–H and O–H groups in total. The van der Waals surface area contributed by atoms with Crippen molar-refractivity contribution in [2.75, 3.05) is 26.3 Å². The van der Waals surface area contributed by atoms with Gasteiger partial charge in [0.2, 0.25) is 0 Å². The largest absolute Gasteiger partial charge is 0.486 e. The van der Waals surface area contributed by atoms with Crippen LogP contribution in [0.1, 0.15) is 29.0 Å². The number of fused-ring (bicyclic) bond motifs is 1. The van der Waals surface area contributed by atoms with Gasteiger partial charge in [-0.15, -0.1) is 0 Å². The van der Waals surface area contributed by atoms with E-state index in [1.807, 2.05) is 0 Å². The lowest BCUT2D eigenvalue weighted by atomic mass is 9.97. The van der Waals surface area contributed by atoms with Gasteiger partial charge in [-0.2, -0.15) is 0 Å². The number of hydrogen-bond acceptors (Lipinski definition) is 6. The Morgan fingerprint density at radius 1 is 1.18 bits per heavy atom. The molecule has 2 aromatic rings. The molecule has 1 aromatic carbocycles. The van der Waals surface area contributed by atoms with Crippen molar-refractivity contribution >= 4 is 23.5 Å². The molecule has 148 valence electrons. The molecule has 7 nitrogen and oxygen atoms in total. The maximum atomic E-state index is 12.4. The first-order chi connectivity index (χ1) is 13.6. The van der Waals surface area contributed by atoms with Gasteiger partial charge in [0.1, 0.15) is 19.8 Å². The van der Waals surface area contributed by atoms with Crippen LogP contribution in [0.15, 0.2) is 34.9 Å². The van der Waals surface area contributed by atoms with Gasteiger partial charge in [0.15, 0.2) is 17.3 Å². The van der Waals surface area contributed by atoms with Crippen molar-refractivity contribution in [1.82, 2.24) is 4.90 Å². The van der Waals surface area contributed by atoms with Crippen LogP contribution < -0.4 is 9.47 Å². The van der Waals surface area contributed by atoms with Gasteiger partial charge < -0.3 is 23.5 Å². The molecule has 0 bridgehead atoms. The number of amides is 1. The average Bonchev–Trinajstić information content (AvgIpc) is 3.26. The molecule has 3 heterocycles. The number of furan rings is 1. The lowest BCUT2D eigenvalue weighted by Gasteiger charge is -2.30. The summed E-state index contributed by atoms with van der Waals surface area (Å²) in [5.74, 6) is 0.759. The molecule has 8 heteroatoms. The molecule has 0 aliphatic carbocycles. The second kappa shape index (κ2) is 8.14. The van der Waals surface area contributed by atoms with Crippen LogP contribution in [0.2, 0.25) is 5.02 Å². The molecular formula is C20H20ClNO6. The lowest BCUT2D eigenvalue weighted by Crippen LogP contribution is -2.40. The third-order valence-corrected chi connectivity index (χ3v) is 5.17. The number of ether oxygens (including phenoxy) is 3. The van der Waals surface area contributed by atoms with Crippen LogP contribution in [0.25, 0.3) is 0 Å². The predicted octanol–water partition coefficient (Wildman–Crippen LogP) is 3.30. The van der Waals surface area contributed by atoms with Gasteiger partial charge in [0, 0.05) is 13.1 Å². The van der Waals surface area contributed by atoms with E-state index in [1.165, 1.54) is 6.26 Å². The number of hydrogen-bond donors (Lipinski definition) is 0. The Bertz CT molecular complexity index is 858. The number of piperidine rings is 1. The van der Waals surface area contributed by atoms with Crippen LogP contribution >= 0.6 is 11.6 Å². The Kier molecular flexibility index (Phi) is 5.43. The fraction of sp³-hybridized carbons (Fsp3) is 0.400. The van der Waals surface area contributed by atoms with Gasteiger partial charge in [-0.1, -0.05) is 11.6 Å². The summed E-state index contributed by atoms with van der Waals surface area (Å²) in [5.41, 5.74) is 0.744. The van der Waals surface area contributed by atoms with E-state index < -0.39 is 0 Å². The Balaban J connectivity index is 1.29. The highest BCUT2D eigenvalue weighted by atomic mass is 35.5. The summed E-state index contributed by atoms with van der Waals surface area (Å²) < 4.78 is 21.6. The topological polar surface area (TPSA) is 78.2 Å². The van der Waals surface area contributed by atoms with Crippen LogP contribution in [0.4, 0.5) is 0 Å². The average molecular weight is 406 g/mol. The highest BCUT2D eigenvalue weighted by molar-refractivity contribution is 6.32. The zero-order chi connectivity index (χ0) is 19.5. The van der Waals surface area contributed by atoms with Gasteiger partial charge >= 0.3 is 5.97 Å². The van der Waals surface area contributed by atoms with E-state index in [0.29, 0.717) is 61.4 Å². The smallest absolute Gasteiger partial charge is 0.309 e. The maximum Gasteiger partial charge on any atom is 0.309 e. The number of halogens is 1. The molecule has 0 atom stereocenters. The molecule has 1 aromatic heterocycles. The summed E-state index contributed by atoms with van der Waals surface area (Å²) in [7, 11) is 0. The molecule has 0 spiro atoms. The number of rotatable bonds is 4. The van der Waals surface area contributed by atoms with Crippen LogP contribution in [-0.4, -0.2) is 43.1 Å². The van der Waals surface area contributed by atoms with E-state index in [9.17, 15) is 9.59 Å². The number of benzene rings is 1. The van der Waals surface area contributed by atoms with Crippen molar-refractivity contribution in [3.8, 4) is 11.5 Å². The summed E-state index contributed by atoms with van der Waals surface area (Å²) in [5, 5.41) is 0.438. The standard InChI is InChI=1S/C20H20ClNO6/c21-15-10-13(11-17-18(15)27-9-8-26-17)12-28-20(24)14-3-5-22(6-4-14)19(23)16-2-1-7-25-16/h1-2,7,10-11,14H,3-6,8-9,12H2.